The molecule has 0 aliphatic rings. The van der Waals surface area contributed by atoms with Gasteiger partial charge in [0.05, 0.1) is 6.10 Å². The fraction of sp³-hybridized carbons (Fsp3) is 0.294. The highest BCUT2D eigenvalue weighted by Gasteiger charge is 2.13. The molecular weight excluding hydrogens is 302 g/mol. The van der Waals surface area contributed by atoms with Gasteiger partial charge in [0, 0.05) is 27.3 Å². The van der Waals surface area contributed by atoms with Crippen LogP contribution in [0.4, 0.5) is 0 Å². The zero-order valence-corrected chi connectivity index (χ0v) is 13.8. The topological polar surface area (TPSA) is 35.2 Å². The fourth-order valence-corrected chi connectivity index (χ4v) is 3.17. The minimum Gasteiger partial charge on any atom is -0.491 e. The molecule has 4 heteroatoms. The van der Waals surface area contributed by atoms with Crippen molar-refractivity contribution in [2.24, 2.45) is 5.73 Å². The summed E-state index contributed by atoms with van der Waals surface area (Å²) in [5.74, 6) is 1.64. The van der Waals surface area contributed by atoms with E-state index in [-0.39, 0.29) is 12.1 Å². The molecule has 0 aliphatic carbocycles. The number of hydrogen-bond donors (Lipinski definition) is 1. The molecule has 2 N–H and O–H groups in total. The molecule has 0 radical (unpaired) electrons. The average molecular weight is 322 g/mol. The van der Waals surface area contributed by atoms with Crippen LogP contribution in [0.5, 0.6) is 5.75 Å². The predicted octanol–water partition coefficient (Wildman–Crippen LogP) is 4.92. The Morgan fingerprint density at radius 2 is 1.90 bits per heavy atom. The van der Waals surface area contributed by atoms with Crippen LogP contribution in [0.2, 0.25) is 5.02 Å². The van der Waals surface area contributed by atoms with Crippen molar-refractivity contribution < 1.29 is 4.74 Å². The number of halogens is 1. The number of thioether (sulfide) groups is 1. The second-order valence-electron chi connectivity index (χ2n) is 5.08. The van der Waals surface area contributed by atoms with Crippen molar-refractivity contribution in [1.29, 1.82) is 0 Å². The van der Waals surface area contributed by atoms with Crippen LogP contribution in [0.15, 0.2) is 53.4 Å². The molecule has 2 nitrogen and oxygen atoms in total. The van der Waals surface area contributed by atoms with E-state index < -0.39 is 0 Å². The van der Waals surface area contributed by atoms with Gasteiger partial charge in [0.15, 0.2) is 0 Å². The van der Waals surface area contributed by atoms with Gasteiger partial charge in [-0.2, -0.15) is 0 Å². The van der Waals surface area contributed by atoms with Gasteiger partial charge < -0.3 is 10.5 Å². The van der Waals surface area contributed by atoms with E-state index >= 15 is 0 Å². The van der Waals surface area contributed by atoms with Crippen LogP contribution in [-0.4, -0.2) is 11.9 Å². The molecule has 21 heavy (non-hydrogen) atoms. The van der Waals surface area contributed by atoms with Crippen molar-refractivity contribution in [2.75, 3.05) is 5.75 Å². The van der Waals surface area contributed by atoms with Gasteiger partial charge in [0.25, 0.3) is 0 Å². The molecule has 2 aromatic rings. The van der Waals surface area contributed by atoms with Gasteiger partial charge in [0.2, 0.25) is 0 Å². The first-order valence-electron chi connectivity index (χ1n) is 6.96. The Morgan fingerprint density at radius 3 is 2.62 bits per heavy atom. The van der Waals surface area contributed by atoms with Crippen LogP contribution in [0, 0.1) is 0 Å². The van der Waals surface area contributed by atoms with Crippen LogP contribution in [0.1, 0.15) is 25.5 Å². The highest BCUT2D eigenvalue weighted by Crippen LogP contribution is 2.30. The summed E-state index contributed by atoms with van der Waals surface area (Å²) >= 11 is 7.70. The fourth-order valence-electron chi connectivity index (χ4n) is 1.98. The first-order valence-corrected chi connectivity index (χ1v) is 8.32. The van der Waals surface area contributed by atoms with Crippen molar-refractivity contribution in [3.63, 3.8) is 0 Å². The van der Waals surface area contributed by atoms with Crippen molar-refractivity contribution in [2.45, 2.75) is 30.9 Å². The van der Waals surface area contributed by atoms with Gasteiger partial charge in [-0.1, -0.05) is 35.9 Å². The van der Waals surface area contributed by atoms with Gasteiger partial charge in [-0.3, -0.25) is 0 Å². The summed E-state index contributed by atoms with van der Waals surface area (Å²) in [4.78, 5) is 1.13. The summed E-state index contributed by atoms with van der Waals surface area (Å²) in [6.07, 6.45) is 0.138. The Kier molecular flexibility index (Phi) is 5.97. The van der Waals surface area contributed by atoms with Crippen molar-refractivity contribution in [3.8, 4) is 5.75 Å². The van der Waals surface area contributed by atoms with Crippen molar-refractivity contribution >= 4 is 23.4 Å². The van der Waals surface area contributed by atoms with Gasteiger partial charge in [-0.15, -0.1) is 11.8 Å². The van der Waals surface area contributed by atoms with Crippen LogP contribution in [-0.2, 0) is 0 Å². The third kappa shape index (κ3) is 4.95. The molecule has 1 atom stereocenters. The van der Waals surface area contributed by atoms with E-state index in [0.717, 1.165) is 27.0 Å². The zero-order valence-electron chi connectivity index (χ0n) is 12.3. The van der Waals surface area contributed by atoms with Gasteiger partial charge in [0.1, 0.15) is 5.75 Å². The Morgan fingerprint density at radius 1 is 1.14 bits per heavy atom. The predicted molar refractivity (Wildman–Crippen MR) is 91.3 cm³/mol. The molecule has 1 unspecified atom stereocenters. The second kappa shape index (κ2) is 7.74. The van der Waals surface area contributed by atoms with E-state index in [1.807, 2.05) is 62.4 Å². The largest absolute Gasteiger partial charge is 0.491 e. The van der Waals surface area contributed by atoms with E-state index in [1.54, 1.807) is 11.8 Å². The summed E-state index contributed by atoms with van der Waals surface area (Å²) in [6.45, 7) is 4.03. The normalized spacial score (nSPS) is 12.4. The average Bonchev–Trinajstić information content (AvgIpc) is 2.45. The third-order valence-electron chi connectivity index (χ3n) is 2.91. The molecule has 0 aromatic heterocycles. The Balaban J connectivity index is 2.04. The lowest BCUT2D eigenvalue weighted by molar-refractivity contribution is 0.239. The summed E-state index contributed by atoms with van der Waals surface area (Å²) in [5.41, 5.74) is 7.37. The molecule has 0 aliphatic heterocycles. The lowest BCUT2D eigenvalue weighted by atomic mass is 10.1. The molecule has 0 bridgehead atoms. The SMILES string of the molecule is CC(C)Oc1ccccc1C(N)CSc1cccc(Cl)c1. The number of rotatable bonds is 6. The van der Waals surface area contributed by atoms with Gasteiger partial charge in [-0.05, 0) is 38.1 Å². The highest BCUT2D eigenvalue weighted by atomic mass is 35.5. The quantitative estimate of drug-likeness (QED) is 0.767. The highest BCUT2D eigenvalue weighted by molar-refractivity contribution is 7.99. The zero-order chi connectivity index (χ0) is 15.2. The second-order valence-corrected chi connectivity index (χ2v) is 6.61. The Bertz CT molecular complexity index is 589. The van der Waals surface area contributed by atoms with E-state index in [2.05, 4.69) is 0 Å². The first-order chi connectivity index (χ1) is 10.1. The minimum atomic E-state index is -0.0797. The molecule has 0 spiro atoms. The van der Waals surface area contributed by atoms with Gasteiger partial charge in [-0.25, -0.2) is 0 Å². The first kappa shape index (κ1) is 16.2. The maximum atomic E-state index is 6.32. The van der Waals surface area contributed by atoms with E-state index in [9.17, 15) is 0 Å². The standard InChI is InChI=1S/C17H20ClNOS/c1-12(2)20-17-9-4-3-8-15(17)16(19)11-21-14-7-5-6-13(18)10-14/h3-10,12,16H,11,19H2,1-2H3. The lowest BCUT2D eigenvalue weighted by Crippen LogP contribution is -2.16. The summed E-state index contributed by atoms with van der Waals surface area (Å²) in [7, 11) is 0. The molecule has 2 aromatic carbocycles. The van der Waals surface area contributed by atoms with Crippen molar-refractivity contribution in [1.82, 2.24) is 0 Å². The molecule has 0 fully saturated rings. The number of nitrogens with two attached hydrogens (primary N) is 1. The number of hydrogen-bond acceptors (Lipinski definition) is 3. The van der Waals surface area contributed by atoms with E-state index in [0.29, 0.717) is 0 Å². The maximum Gasteiger partial charge on any atom is 0.124 e. The molecule has 0 saturated carbocycles. The summed E-state index contributed by atoms with van der Waals surface area (Å²) in [6, 6.07) is 15.7. The Labute approximate surface area is 135 Å². The smallest absolute Gasteiger partial charge is 0.124 e. The monoisotopic (exact) mass is 321 g/mol. The maximum absolute atomic E-state index is 6.32. The molecule has 2 rings (SSSR count). The van der Waals surface area contributed by atoms with Crippen LogP contribution in [0.25, 0.3) is 0 Å². The number of benzene rings is 2. The summed E-state index contributed by atoms with van der Waals surface area (Å²) in [5, 5.41) is 0.747. The van der Waals surface area contributed by atoms with Crippen molar-refractivity contribution in [3.05, 3.63) is 59.1 Å². The van der Waals surface area contributed by atoms with Crippen LogP contribution < -0.4 is 10.5 Å². The van der Waals surface area contributed by atoms with E-state index in [4.69, 9.17) is 22.1 Å². The molecular formula is C17H20ClNOS. The molecule has 0 amide bonds. The van der Waals surface area contributed by atoms with Crippen LogP contribution >= 0.6 is 23.4 Å². The van der Waals surface area contributed by atoms with Crippen LogP contribution in [0.3, 0.4) is 0 Å². The molecule has 0 saturated heterocycles. The van der Waals surface area contributed by atoms with Gasteiger partial charge >= 0.3 is 0 Å². The number of para-hydroxylation sites is 1. The van der Waals surface area contributed by atoms with E-state index in [1.165, 1.54) is 0 Å². The third-order valence-corrected chi connectivity index (χ3v) is 4.25. The number of ether oxygens (including phenoxy) is 1. The summed E-state index contributed by atoms with van der Waals surface area (Å²) < 4.78 is 5.83. The Hall–Kier alpha value is -1.16. The molecule has 112 valence electrons. The minimum absolute atomic E-state index is 0.0797. The lowest BCUT2D eigenvalue weighted by Gasteiger charge is -2.18. The molecule has 0 heterocycles.